The van der Waals surface area contributed by atoms with Gasteiger partial charge in [0, 0.05) is 68.9 Å². The molecule has 3 aromatic rings. The molecule has 0 atom stereocenters. The van der Waals surface area contributed by atoms with Gasteiger partial charge >= 0.3 is 0 Å². The van der Waals surface area contributed by atoms with Crippen molar-refractivity contribution in [3.63, 3.8) is 0 Å². The lowest BCUT2D eigenvalue weighted by Crippen LogP contribution is -2.36. The van der Waals surface area contributed by atoms with E-state index in [2.05, 4.69) is 24.8 Å². The van der Waals surface area contributed by atoms with Crippen LogP contribution in [0.1, 0.15) is 16.1 Å². The third kappa shape index (κ3) is 4.11. The predicted molar refractivity (Wildman–Crippen MR) is 113 cm³/mol. The van der Waals surface area contributed by atoms with Gasteiger partial charge in [0.15, 0.2) is 11.0 Å². The molecular formula is C20H21ClN6OS. The van der Waals surface area contributed by atoms with Crippen molar-refractivity contribution in [2.45, 2.75) is 19.5 Å². The van der Waals surface area contributed by atoms with Gasteiger partial charge in [0.25, 0.3) is 0 Å². The summed E-state index contributed by atoms with van der Waals surface area (Å²) in [6, 6.07) is 3.88. The first kappa shape index (κ1) is 18.9. The summed E-state index contributed by atoms with van der Waals surface area (Å²) in [6.07, 6.45) is 6.40. The van der Waals surface area contributed by atoms with Gasteiger partial charge in [-0.3, -0.25) is 9.88 Å². The molecule has 5 heterocycles. The van der Waals surface area contributed by atoms with Crippen LogP contribution in [-0.4, -0.2) is 57.7 Å². The highest BCUT2D eigenvalue weighted by atomic mass is 35.5. The monoisotopic (exact) mass is 428 g/mol. The zero-order chi connectivity index (χ0) is 19.6. The normalized spacial score (nSPS) is 17.3. The van der Waals surface area contributed by atoms with E-state index in [0.717, 1.165) is 79.4 Å². The van der Waals surface area contributed by atoms with Crippen LogP contribution < -0.4 is 4.90 Å². The Morgan fingerprint density at radius 3 is 2.76 bits per heavy atom. The first-order valence-electron chi connectivity index (χ1n) is 9.72. The second kappa shape index (κ2) is 8.31. The number of rotatable bonds is 4. The Balaban J connectivity index is 1.28. The standard InChI is InChI=1S/C20H21ClN6OS/c21-18-17(29-20(25-18)27-7-9-28-10-8-27)13-26-6-3-16-15(12-26)11-23-19(24-16)14-1-4-22-5-2-14/h1-2,4-5,11H,3,6-10,12-13H2. The van der Waals surface area contributed by atoms with Crippen LogP contribution in [0.25, 0.3) is 11.4 Å². The summed E-state index contributed by atoms with van der Waals surface area (Å²) in [5, 5.41) is 1.61. The van der Waals surface area contributed by atoms with E-state index in [9.17, 15) is 0 Å². The molecule has 2 aliphatic rings. The van der Waals surface area contributed by atoms with E-state index < -0.39 is 0 Å². The van der Waals surface area contributed by atoms with Crippen molar-refractivity contribution in [1.29, 1.82) is 0 Å². The molecule has 0 amide bonds. The summed E-state index contributed by atoms with van der Waals surface area (Å²) in [5.74, 6) is 0.764. The molecule has 3 aromatic heterocycles. The maximum atomic E-state index is 6.46. The van der Waals surface area contributed by atoms with Gasteiger partial charge in [-0.1, -0.05) is 22.9 Å². The Morgan fingerprint density at radius 2 is 1.93 bits per heavy atom. The molecule has 0 unspecified atom stereocenters. The van der Waals surface area contributed by atoms with Crippen molar-refractivity contribution in [3.8, 4) is 11.4 Å². The number of halogens is 1. The summed E-state index contributed by atoms with van der Waals surface area (Å²) in [5.41, 5.74) is 3.31. The molecule has 0 spiro atoms. The summed E-state index contributed by atoms with van der Waals surface area (Å²) in [4.78, 5) is 23.8. The van der Waals surface area contributed by atoms with Crippen LogP contribution in [0.3, 0.4) is 0 Å². The summed E-state index contributed by atoms with van der Waals surface area (Å²) in [7, 11) is 0. The minimum atomic E-state index is 0.617. The molecule has 0 radical (unpaired) electrons. The molecule has 7 nitrogen and oxygen atoms in total. The highest BCUT2D eigenvalue weighted by molar-refractivity contribution is 7.16. The lowest BCUT2D eigenvalue weighted by Gasteiger charge is -2.27. The summed E-state index contributed by atoms with van der Waals surface area (Å²) < 4.78 is 5.43. The van der Waals surface area contributed by atoms with Crippen LogP contribution in [0.2, 0.25) is 5.15 Å². The largest absolute Gasteiger partial charge is 0.378 e. The first-order valence-corrected chi connectivity index (χ1v) is 10.9. The zero-order valence-electron chi connectivity index (χ0n) is 15.9. The van der Waals surface area contributed by atoms with Gasteiger partial charge < -0.3 is 9.64 Å². The number of fused-ring (bicyclic) bond motifs is 1. The third-order valence-corrected chi connectivity index (χ3v) is 6.76. The summed E-state index contributed by atoms with van der Waals surface area (Å²) >= 11 is 8.15. The predicted octanol–water partition coefficient (Wildman–Crippen LogP) is 3.04. The van der Waals surface area contributed by atoms with E-state index in [1.165, 1.54) is 5.56 Å². The fourth-order valence-electron chi connectivity index (χ4n) is 3.66. The molecule has 150 valence electrons. The zero-order valence-corrected chi connectivity index (χ0v) is 17.5. The van der Waals surface area contributed by atoms with Gasteiger partial charge in [-0.05, 0) is 12.1 Å². The molecule has 0 aliphatic carbocycles. The number of nitrogens with zero attached hydrogens (tertiary/aromatic N) is 6. The number of ether oxygens (including phenoxy) is 1. The molecular weight excluding hydrogens is 408 g/mol. The van der Waals surface area contributed by atoms with Gasteiger partial charge in [-0.2, -0.15) is 0 Å². The van der Waals surface area contributed by atoms with Crippen molar-refractivity contribution in [2.24, 2.45) is 0 Å². The first-order chi connectivity index (χ1) is 14.3. The SMILES string of the molecule is Clc1nc(N2CCOCC2)sc1CN1CCc2nc(-c3ccncc3)ncc2C1. The van der Waals surface area contributed by atoms with E-state index in [-0.39, 0.29) is 0 Å². The number of morpholine rings is 1. The van der Waals surface area contributed by atoms with Crippen molar-refractivity contribution in [1.82, 2.24) is 24.8 Å². The Bertz CT molecular complexity index is 992. The fourth-order valence-corrected chi connectivity index (χ4v) is 5.01. The van der Waals surface area contributed by atoms with Crippen molar-refractivity contribution in [2.75, 3.05) is 37.7 Å². The van der Waals surface area contributed by atoms with E-state index >= 15 is 0 Å². The van der Waals surface area contributed by atoms with Gasteiger partial charge in [0.05, 0.1) is 23.8 Å². The number of pyridine rings is 1. The Morgan fingerprint density at radius 1 is 1.10 bits per heavy atom. The van der Waals surface area contributed by atoms with Gasteiger partial charge in [-0.15, -0.1) is 0 Å². The number of hydrogen-bond donors (Lipinski definition) is 0. The van der Waals surface area contributed by atoms with E-state index in [0.29, 0.717) is 5.15 Å². The Hall–Kier alpha value is -2.13. The van der Waals surface area contributed by atoms with Crippen LogP contribution in [0.4, 0.5) is 5.13 Å². The molecule has 0 saturated carbocycles. The van der Waals surface area contributed by atoms with Crippen molar-refractivity contribution in [3.05, 3.63) is 52.0 Å². The second-order valence-electron chi connectivity index (χ2n) is 7.17. The highest BCUT2D eigenvalue weighted by Gasteiger charge is 2.23. The molecule has 9 heteroatoms. The maximum Gasteiger partial charge on any atom is 0.187 e. The topological polar surface area (TPSA) is 67.3 Å². The number of hydrogen-bond acceptors (Lipinski definition) is 8. The number of anilines is 1. The van der Waals surface area contributed by atoms with Crippen molar-refractivity contribution < 1.29 is 4.74 Å². The molecule has 2 aliphatic heterocycles. The number of aromatic nitrogens is 4. The molecule has 1 fully saturated rings. The molecule has 0 bridgehead atoms. The lowest BCUT2D eigenvalue weighted by molar-refractivity contribution is 0.122. The molecule has 1 saturated heterocycles. The Kier molecular flexibility index (Phi) is 5.41. The lowest BCUT2D eigenvalue weighted by atomic mass is 10.1. The van der Waals surface area contributed by atoms with Crippen LogP contribution in [0.5, 0.6) is 0 Å². The van der Waals surface area contributed by atoms with Gasteiger partial charge in [0.1, 0.15) is 5.15 Å². The van der Waals surface area contributed by atoms with E-state index in [4.69, 9.17) is 21.3 Å². The second-order valence-corrected chi connectivity index (χ2v) is 8.59. The van der Waals surface area contributed by atoms with Crippen LogP contribution in [0, 0.1) is 0 Å². The average molecular weight is 429 g/mol. The minimum Gasteiger partial charge on any atom is -0.378 e. The van der Waals surface area contributed by atoms with Crippen LogP contribution >= 0.6 is 22.9 Å². The van der Waals surface area contributed by atoms with E-state index in [1.54, 1.807) is 23.7 Å². The van der Waals surface area contributed by atoms with Crippen molar-refractivity contribution >= 4 is 28.1 Å². The molecule has 29 heavy (non-hydrogen) atoms. The molecule has 5 rings (SSSR count). The van der Waals surface area contributed by atoms with Crippen LogP contribution in [0.15, 0.2) is 30.7 Å². The number of thiazole rings is 1. The van der Waals surface area contributed by atoms with E-state index in [1.807, 2.05) is 18.3 Å². The van der Waals surface area contributed by atoms with Crippen LogP contribution in [-0.2, 0) is 24.2 Å². The third-order valence-electron chi connectivity index (χ3n) is 5.24. The highest BCUT2D eigenvalue weighted by Crippen LogP contribution is 2.32. The average Bonchev–Trinajstić information content (AvgIpc) is 3.15. The molecule has 0 aromatic carbocycles. The fraction of sp³-hybridized carbons (Fsp3) is 0.400. The van der Waals surface area contributed by atoms with Gasteiger partial charge in [-0.25, -0.2) is 15.0 Å². The molecule has 0 N–H and O–H groups in total. The quantitative estimate of drug-likeness (QED) is 0.632. The van der Waals surface area contributed by atoms with Gasteiger partial charge in [0.2, 0.25) is 0 Å². The smallest absolute Gasteiger partial charge is 0.187 e. The minimum absolute atomic E-state index is 0.617. The maximum absolute atomic E-state index is 6.46. The Labute approximate surface area is 178 Å². The summed E-state index contributed by atoms with van der Waals surface area (Å²) in [6.45, 7) is 5.81.